The van der Waals surface area contributed by atoms with Gasteiger partial charge in [-0.05, 0) is 19.1 Å². The van der Waals surface area contributed by atoms with Gasteiger partial charge in [0.25, 0.3) is 5.56 Å². The van der Waals surface area contributed by atoms with Crippen LogP contribution in [0.25, 0.3) is 5.69 Å². The summed E-state index contributed by atoms with van der Waals surface area (Å²) in [5, 5.41) is 3.95. The summed E-state index contributed by atoms with van der Waals surface area (Å²) in [6.07, 6.45) is 1.40. The number of carbonyl (C=O) groups is 1. The van der Waals surface area contributed by atoms with E-state index in [1.807, 2.05) is 18.2 Å². The predicted molar refractivity (Wildman–Crippen MR) is 59.8 cm³/mol. The molecule has 1 aromatic carbocycles. The molecule has 0 amide bonds. The standard InChI is InChI=1S/C12H10N2O2/c1-9(15)10-7-12(16)14(13-8-10)11-5-3-2-4-6-11/h2-8H,1H3. The number of nitrogens with zero attached hydrogens (tertiary/aromatic N) is 2. The second-order valence-electron chi connectivity index (χ2n) is 3.39. The minimum atomic E-state index is -0.307. The zero-order chi connectivity index (χ0) is 11.5. The van der Waals surface area contributed by atoms with Gasteiger partial charge in [-0.3, -0.25) is 9.59 Å². The fraction of sp³-hybridized carbons (Fsp3) is 0.0833. The molecule has 0 fully saturated rings. The van der Waals surface area contributed by atoms with Crippen LogP contribution < -0.4 is 5.56 Å². The highest BCUT2D eigenvalue weighted by Gasteiger charge is 2.04. The van der Waals surface area contributed by atoms with Gasteiger partial charge in [-0.25, -0.2) is 0 Å². The maximum atomic E-state index is 11.7. The number of para-hydroxylation sites is 1. The molecule has 0 radical (unpaired) electrons. The van der Waals surface area contributed by atoms with Crippen LogP contribution in [0.3, 0.4) is 0 Å². The fourth-order valence-electron chi connectivity index (χ4n) is 1.36. The highest BCUT2D eigenvalue weighted by molar-refractivity contribution is 5.93. The largest absolute Gasteiger partial charge is 0.294 e. The second kappa shape index (κ2) is 4.10. The molecule has 0 spiro atoms. The van der Waals surface area contributed by atoms with Gasteiger partial charge in [-0.2, -0.15) is 9.78 Å². The molecular weight excluding hydrogens is 204 g/mol. The van der Waals surface area contributed by atoms with Crippen LogP contribution in [0.4, 0.5) is 0 Å². The average Bonchev–Trinajstić information content (AvgIpc) is 2.30. The molecule has 80 valence electrons. The first-order valence-electron chi connectivity index (χ1n) is 4.84. The Morgan fingerprint density at radius 1 is 1.25 bits per heavy atom. The minimum absolute atomic E-state index is 0.162. The zero-order valence-electron chi connectivity index (χ0n) is 8.75. The SMILES string of the molecule is CC(=O)c1cnn(-c2ccccc2)c(=O)c1. The fourth-order valence-corrected chi connectivity index (χ4v) is 1.36. The van der Waals surface area contributed by atoms with Crippen LogP contribution in [0, 0.1) is 0 Å². The van der Waals surface area contributed by atoms with Gasteiger partial charge in [0.15, 0.2) is 5.78 Å². The summed E-state index contributed by atoms with van der Waals surface area (Å²) >= 11 is 0. The molecule has 0 bridgehead atoms. The summed E-state index contributed by atoms with van der Waals surface area (Å²) < 4.78 is 1.26. The van der Waals surface area contributed by atoms with Crippen LogP contribution in [-0.2, 0) is 0 Å². The van der Waals surface area contributed by atoms with E-state index < -0.39 is 0 Å². The number of rotatable bonds is 2. The highest BCUT2D eigenvalue weighted by atomic mass is 16.1. The van der Waals surface area contributed by atoms with E-state index in [2.05, 4.69) is 5.10 Å². The van der Waals surface area contributed by atoms with Crippen molar-refractivity contribution in [1.82, 2.24) is 9.78 Å². The summed E-state index contributed by atoms with van der Waals surface area (Å²) in [5.74, 6) is -0.162. The molecule has 0 N–H and O–H groups in total. The number of hydrogen-bond donors (Lipinski definition) is 0. The quantitative estimate of drug-likeness (QED) is 0.711. The summed E-state index contributed by atoms with van der Waals surface area (Å²) in [5.41, 5.74) is 0.707. The van der Waals surface area contributed by atoms with Gasteiger partial charge in [0.1, 0.15) is 0 Å². The van der Waals surface area contributed by atoms with Gasteiger partial charge >= 0.3 is 0 Å². The summed E-state index contributed by atoms with van der Waals surface area (Å²) in [7, 11) is 0. The van der Waals surface area contributed by atoms with Gasteiger partial charge < -0.3 is 0 Å². The summed E-state index contributed by atoms with van der Waals surface area (Å²) in [6.45, 7) is 1.41. The van der Waals surface area contributed by atoms with Crippen molar-refractivity contribution >= 4 is 5.78 Å². The summed E-state index contributed by atoms with van der Waals surface area (Å²) in [6, 6.07) is 10.4. The van der Waals surface area contributed by atoms with E-state index in [0.717, 1.165) is 0 Å². The maximum Gasteiger partial charge on any atom is 0.272 e. The first kappa shape index (κ1) is 10.3. The molecule has 0 aliphatic carbocycles. The van der Waals surface area contributed by atoms with Crippen LogP contribution >= 0.6 is 0 Å². The number of Topliss-reactive ketones (excluding diaryl/α,β-unsaturated/α-hetero) is 1. The van der Waals surface area contributed by atoms with Crippen LogP contribution in [0.15, 0.2) is 47.4 Å². The highest BCUT2D eigenvalue weighted by Crippen LogP contribution is 2.02. The van der Waals surface area contributed by atoms with Gasteiger partial charge in [-0.15, -0.1) is 0 Å². The first-order valence-corrected chi connectivity index (χ1v) is 4.84. The molecule has 0 saturated heterocycles. The minimum Gasteiger partial charge on any atom is -0.294 e. The smallest absolute Gasteiger partial charge is 0.272 e. The van der Waals surface area contributed by atoms with E-state index in [0.29, 0.717) is 11.3 Å². The van der Waals surface area contributed by atoms with E-state index in [9.17, 15) is 9.59 Å². The van der Waals surface area contributed by atoms with Crippen molar-refractivity contribution in [3.63, 3.8) is 0 Å². The number of hydrogen-bond acceptors (Lipinski definition) is 3. The number of ketones is 1. The van der Waals surface area contributed by atoms with E-state index in [1.54, 1.807) is 12.1 Å². The van der Waals surface area contributed by atoms with Crippen LogP contribution in [0.1, 0.15) is 17.3 Å². The molecule has 0 unspecified atom stereocenters. The molecule has 4 heteroatoms. The lowest BCUT2D eigenvalue weighted by Gasteiger charge is -2.03. The Morgan fingerprint density at radius 2 is 1.94 bits per heavy atom. The molecule has 16 heavy (non-hydrogen) atoms. The van der Waals surface area contributed by atoms with E-state index in [-0.39, 0.29) is 11.3 Å². The van der Waals surface area contributed by atoms with Crippen LogP contribution in [-0.4, -0.2) is 15.6 Å². The Bertz CT molecular complexity index is 573. The molecule has 2 rings (SSSR count). The molecular formula is C12H10N2O2. The number of aromatic nitrogens is 2. The lowest BCUT2D eigenvalue weighted by atomic mass is 10.2. The Labute approximate surface area is 92.2 Å². The van der Waals surface area contributed by atoms with E-state index >= 15 is 0 Å². The number of carbonyl (C=O) groups excluding carboxylic acids is 1. The number of benzene rings is 1. The molecule has 4 nitrogen and oxygen atoms in total. The van der Waals surface area contributed by atoms with Gasteiger partial charge in [0.05, 0.1) is 11.9 Å². The molecule has 0 saturated carbocycles. The molecule has 0 aliphatic rings. The zero-order valence-corrected chi connectivity index (χ0v) is 8.75. The second-order valence-corrected chi connectivity index (χ2v) is 3.39. The summed E-state index contributed by atoms with van der Waals surface area (Å²) in [4.78, 5) is 22.8. The van der Waals surface area contributed by atoms with Gasteiger partial charge in [-0.1, -0.05) is 18.2 Å². The maximum absolute atomic E-state index is 11.7. The third kappa shape index (κ3) is 1.91. The van der Waals surface area contributed by atoms with E-state index in [1.165, 1.54) is 23.9 Å². The lowest BCUT2D eigenvalue weighted by molar-refractivity contribution is 0.101. The topological polar surface area (TPSA) is 52.0 Å². The Morgan fingerprint density at radius 3 is 2.50 bits per heavy atom. The molecule has 0 atom stereocenters. The Balaban J connectivity index is 2.53. The normalized spacial score (nSPS) is 10.1. The van der Waals surface area contributed by atoms with Gasteiger partial charge in [0, 0.05) is 11.6 Å². The van der Waals surface area contributed by atoms with Crippen molar-refractivity contribution in [2.75, 3.05) is 0 Å². The van der Waals surface area contributed by atoms with Crippen molar-refractivity contribution < 1.29 is 4.79 Å². The van der Waals surface area contributed by atoms with Gasteiger partial charge in [0.2, 0.25) is 0 Å². The monoisotopic (exact) mass is 214 g/mol. The van der Waals surface area contributed by atoms with Crippen LogP contribution in [0.2, 0.25) is 0 Å². The first-order chi connectivity index (χ1) is 7.68. The average molecular weight is 214 g/mol. The molecule has 1 heterocycles. The van der Waals surface area contributed by atoms with Crippen molar-refractivity contribution in [3.8, 4) is 5.69 Å². The Hall–Kier alpha value is -2.23. The third-order valence-corrected chi connectivity index (χ3v) is 2.21. The van der Waals surface area contributed by atoms with Crippen LogP contribution in [0.5, 0.6) is 0 Å². The van der Waals surface area contributed by atoms with Crippen molar-refractivity contribution in [3.05, 3.63) is 58.5 Å². The molecule has 1 aromatic heterocycles. The lowest BCUT2D eigenvalue weighted by Crippen LogP contribution is -2.21. The van der Waals surface area contributed by atoms with Crippen molar-refractivity contribution in [1.29, 1.82) is 0 Å². The predicted octanol–water partition coefficient (Wildman–Crippen LogP) is 1.44. The van der Waals surface area contributed by atoms with Crippen molar-refractivity contribution in [2.45, 2.75) is 6.92 Å². The molecule has 2 aromatic rings. The van der Waals surface area contributed by atoms with E-state index in [4.69, 9.17) is 0 Å². The third-order valence-electron chi connectivity index (χ3n) is 2.21. The molecule has 0 aliphatic heterocycles. The Kier molecular flexibility index (Phi) is 2.64. The van der Waals surface area contributed by atoms with Crippen molar-refractivity contribution in [2.24, 2.45) is 0 Å².